The van der Waals surface area contributed by atoms with Crippen LogP contribution in [0.5, 0.6) is 5.75 Å². The number of para-hydroxylation sites is 2. The highest BCUT2D eigenvalue weighted by molar-refractivity contribution is 5.57. The number of nitrogens with zero attached hydrogens (tertiary/aromatic N) is 3. The van der Waals surface area contributed by atoms with Gasteiger partial charge in [-0.1, -0.05) is 17.3 Å². The number of hydrogen-bond donors (Lipinski definition) is 1. The molecule has 0 saturated carbocycles. The molecule has 0 aliphatic carbocycles. The summed E-state index contributed by atoms with van der Waals surface area (Å²) in [5.74, 6) is 1.99. The molecule has 2 aromatic rings. The average Bonchev–Trinajstić information content (AvgIpc) is 2.86. The van der Waals surface area contributed by atoms with E-state index in [1.54, 1.807) is 0 Å². The van der Waals surface area contributed by atoms with Gasteiger partial charge in [-0.2, -0.15) is 4.98 Å². The summed E-state index contributed by atoms with van der Waals surface area (Å²) in [5.41, 5.74) is 0.992. The summed E-state index contributed by atoms with van der Waals surface area (Å²) in [4.78, 5) is 6.35. The Morgan fingerprint density at radius 1 is 1.37 bits per heavy atom. The third kappa shape index (κ3) is 2.53. The molecule has 100 valence electrons. The Hall–Kier alpha value is -2.08. The van der Waals surface area contributed by atoms with Gasteiger partial charge in [0.05, 0.1) is 18.8 Å². The van der Waals surface area contributed by atoms with Crippen molar-refractivity contribution in [1.82, 2.24) is 15.0 Å². The zero-order valence-electron chi connectivity index (χ0n) is 11.0. The number of aromatic nitrogens is 2. The van der Waals surface area contributed by atoms with E-state index in [1.165, 1.54) is 0 Å². The van der Waals surface area contributed by atoms with Crippen molar-refractivity contribution in [3.8, 4) is 5.75 Å². The van der Waals surface area contributed by atoms with E-state index in [4.69, 9.17) is 9.26 Å². The Labute approximate surface area is 111 Å². The van der Waals surface area contributed by atoms with Gasteiger partial charge in [0.25, 0.3) is 5.89 Å². The highest BCUT2D eigenvalue weighted by Crippen LogP contribution is 2.33. The molecule has 0 fully saturated rings. The highest BCUT2D eigenvalue weighted by Gasteiger charge is 2.25. The van der Waals surface area contributed by atoms with Crippen molar-refractivity contribution in [2.24, 2.45) is 0 Å². The quantitative estimate of drug-likeness (QED) is 0.905. The zero-order valence-corrected chi connectivity index (χ0v) is 11.0. The number of ether oxygens (including phenoxy) is 1. The Balaban J connectivity index is 1.76. The van der Waals surface area contributed by atoms with Crippen LogP contribution in [-0.4, -0.2) is 35.7 Å². The monoisotopic (exact) mass is 260 g/mol. The predicted octanol–water partition coefficient (Wildman–Crippen LogP) is 1.68. The van der Waals surface area contributed by atoms with E-state index in [2.05, 4.69) is 15.5 Å². The molecule has 6 nitrogen and oxygen atoms in total. The first-order valence-corrected chi connectivity index (χ1v) is 6.19. The van der Waals surface area contributed by atoms with Crippen molar-refractivity contribution in [2.45, 2.75) is 12.6 Å². The van der Waals surface area contributed by atoms with Gasteiger partial charge in [0, 0.05) is 0 Å². The van der Waals surface area contributed by atoms with Crippen LogP contribution in [-0.2, 0) is 6.54 Å². The maximum atomic E-state index is 5.86. The van der Waals surface area contributed by atoms with Crippen LogP contribution in [0.15, 0.2) is 28.8 Å². The fourth-order valence-electron chi connectivity index (χ4n) is 2.00. The van der Waals surface area contributed by atoms with Crippen LogP contribution >= 0.6 is 0 Å². The van der Waals surface area contributed by atoms with Gasteiger partial charge >= 0.3 is 0 Å². The van der Waals surface area contributed by atoms with Gasteiger partial charge in [-0.25, -0.2) is 0 Å². The highest BCUT2D eigenvalue weighted by atomic mass is 16.5. The van der Waals surface area contributed by atoms with Crippen LogP contribution < -0.4 is 10.1 Å². The van der Waals surface area contributed by atoms with Gasteiger partial charge in [0.1, 0.15) is 5.75 Å². The number of hydrogen-bond acceptors (Lipinski definition) is 6. The number of rotatable bonds is 3. The minimum atomic E-state index is -0.238. The summed E-state index contributed by atoms with van der Waals surface area (Å²) in [6.45, 7) is 1.28. The first-order valence-electron chi connectivity index (χ1n) is 6.19. The molecule has 0 spiro atoms. The molecule has 0 saturated heterocycles. The van der Waals surface area contributed by atoms with Crippen LogP contribution in [0.2, 0.25) is 0 Å². The average molecular weight is 260 g/mol. The van der Waals surface area contributed by atoms with Gasteiger partial charge in [-0.05, 0) is 26.2 Å². The summed E-state index contributed by atoms with van der Waals surface area (Å²) in [6.07, 6.45) is -0.238. The molecule has 3 rings (SSSR count). The number of nitrogens with one attached hydrogen (secondary N) is 1. The molecular weight excluding hydrogens is 244 g/mol. The van der Waals surface area contributed by atoms with Gasteiger partial charge < -0.3 is 19.5 Å². The molecule has 1 aromatic carbocycles. The van der Waals surface area contributed by atoms with Crippen molar-refractivity contribution >= 4 is 5.69 Å². The largest absolute Gasteiger partial charge is 0.477 e. The molecule has 1 atom stereocenters. The molecule has 0 bridgehead atoms. The molecule has 1 aliphatic rings. The van der Waals surface area contributed by atoms with Crippen LogP contribution in [0.25, 0.3) is 0 Å². The lowest BCUT2D eigenvalue weighted by Gasteiger charge is -2.24. The smallest absolute Gasteiger partial charge is 0.269 e. The SMILES string of the molecule is CN(C)Cc1noc(C2CNc3ccccc3O2)n1. The van der Waals surface area contributed by atoms with E-state index in [1.807, 2.05) is 43.3 Å². The molecular formula is C13H16N4O2. The van der Waals surface area contributed by atoms with E-state index in [-0.39, 0.29) is 6.10 Å². The summed E-state index contributed by atoms with van der Waals surface area (Å²) in [7, 11) is 3.93. The maximum absolute atomic E-state index is 5.86. The summed E-state index contributed by atoms with van der Waals surface area (Å²) >= 11 is 0. The van der Waals surface area contributed by atoms with E-state index in [9.17, 15) is 0 Å². The first kappa shape index (κ1) is 12.0. The zero-order chi connectivity index (χ0) is 13.2. The lowest BCUT2D eigenvalue weighted by molar-refractivity contribution is 0.162. The lowest BCUT2D eigenvalue weighted by atomic mass is 10.2. The second kappa shape index (κ2) is 4.89. The third-order valence-corrected chi connectivity index (χ3v) is 2.85. The lowest BCUT2D eigenvalue weighted by Crippen LogP contribution is -2.23. The van der Waals surface area contributed by atoms with E-state index >= 15 is 0 Å². The molecule has 19 heavy (non-hydrogen) atoms. The Kier molecular flexibility index (Phi) is 3.08. The minimum absolute atomic E-state index is 0.238. The second-order valence-electron chi connectivity index (χ2n) is 4.77. The standard InChI is InChI=1S/C13H16N4O2/c1-17(2)8-12-15-13(19-16-12)11-7-14-9-5-3-4-6-10(9)18-11/h3-6,11,14H,7-8H2,1-2H3. The van der Waals surface area contributed by atoms with Gasteiger partial charge in [0.15, 0.2) is 11.9 Å². The van der Waals surface area contributed by atoms with Crippen molar-refractivity contribution in [1.29, 1.82) is 0 Å². The maximum Gasteiger partial charge on any atom is 0.269 e. The molecule has 6 heteroatoms. The normalized spacial score (nSPS) is 17.7. The fraction of sp³-hybridized carbons (Fsp3) is 0.385. The Morgan fingerprint density at radius 2 is 2.21 bits per heavy atom. The van der Waals surface area contributed by atoms with Gasteiger partial charge in [-0.3, -0.25) is 0 Å². The number of fused-ring (bicyclic) bond motifs is 1. The molecule has 1 unspecified atom stereocenters. The number of benzene rings is 1. The van der Waals surface area contributed by atoms with Gasteiger partial charge in [0.2, 0.25) is 0 Å². The molecule has 1 aliphatic heterocycles. The number of anilines is 1. The van der Waals surface area contributed by atoms with Crippen LogP contribution in [0.4, 0.5) is 5.69 Å². The minimum Gasteiger partial charge on any atom is -0.477 e. The Morgan fingerprint density at radius 3 is 3.05 bits per heavy atom. The third-order valence-electron chi connectivity index (χ3n) is 2.85. The topological polar surface area (TPSA) is 63.4 Å². The fourth-order valence-corrected chi connectivity index (χ4v) is 2.00. The van der Waals surface area contributed by atoms with Crippen LogP contribution in [0, 0.1) is 0 Å². The van der Waals surface area contributed by atoms with E-state index in [0.29, 0.717) is 24.8 Å². The summed E-state index contributed by atoms with van der Waals surface area (Å²) in [6, 6.07) is 7.81. The van der Waals surface area contributed by atoms with E-state index < -0.39 is 0 Å². The van der Waals surface area contributed by atoms with E-state index in [0.717, 1.165) is 11.4 Å². The van der Waals surface area contributed by atoms with Crippen LogP contribution in [0.1, 0.15) is 17.8 Å². The predicted molar refractivity (Wildman–Crippen MR) is 70.0 cm³/mol. The summed E-state index contributed by atoms with van der Waals surface area (Å²) in [5, 5.41) is 7.25. The molecule has 0 radical (unpaired) electrons. The van der Waals surface area contributed by atoms with Crippen molar-refractivity contribution in [3.05, 3.63) is 36.0 Å². The first-order chi connectivity index (χ1) is 9.22. The van der Waals surface area contributed by atoms with Gasteiger partial charge in [-0.15, -0.1) is 0 Å². The Bertz CT molecular complexity index is 567. The summed E-state index contributed by atoms with van der Waals surface area (Å²) < 4.78 is 11.1. The second-order valence-corrected chi connectivity index (χ2v) is 4.77. The van der Waals surface area contributed by atoms with Crippen molar-refractivity contribution < 1.29 is 9.26 Å². The van der Waals surface area contributed by atoms with Crippen molar-refractivity contribution in [2.75, 3.05) is 26.0 Å². The molecule has 0 amide bonds. The van der Waals surface area contributed by atoms with Crippen molar-refractivity contribution in [3.63, 3.8) is 0 Å². The van der Waals surface area contributed by atoms with Crippen LogP contribution in [0.3, 0.4) is 0 Å². The molecule has 1 N–H and O–H groups in total. The molecule has 1 aromatic heterocycles. The molecule has 2 heterocycles.